The maximum atomic E-state index is 12.1. The summed E-state index contributed by atoms with van der Waals surface area (Å²) in [5.74, 6) is 0.0619. The first-order valence-corrected chi connectivity index (χ1v) is 9.81. The van der Waals surface area contributed by atoms with Crippen LogP contribution in [-0.2, 0) is 10.0 Å². The zero-order chi connectivity index (χ0) is 17.7. The Morgan fingerprint density at radius 3 is 2.36 bits per heavy atom. The minimum atomic E-state index is -3.29. The molecule has 1 aliphatic rings. The lowest BCUT2D eigenvalue weighted by Gasteiger charge is -2.15. The topological polar surface area (TPSA) is 92.3 Å². The second-order valence-corrected chi connectivity index (χ2v) is 7.93. The second-order valence-electron chi connectivity index (χ2n) is 5.84. The number of benzene rings is 1. The van der Waals surface area contributed by atoms with Crippen LogP contribution in [0.2, 0.25) is 0 Å². The van der Waals surface area contributed by atoms with Crippen LogP contribution in [0.25, 0.3) is 11.4 Å². The van der Waals surface area contributed by atoms with Gasteiger partial charge in [0.1, 0.15) is 0 Å². The molecule has 1 amide bonds. The quantitative estimate of drug-likeness (QED) is 0.838. The number of hydrogen-bond donors (Lipinski definition) is 1. The number of nitrogens with one attached hydrogen (secondary N) is 1. The van der Waals surface area contributed by atoms with Crippen molar-refractivity contribution in [3.63, 3.8) is 0 Å². The Balaban J connectivity index is 1.55. The first-order valence-electron chi connectivity index (χ1n) is 8.20. The van der Waals surface area contributed by atoms with E-state index in [0.717, 1.165) is 18.4 Å². The van der Waals surface area contributed by atoms with Crippen molar-refractivity contribution in [3.05, 3.63) is 48.3 Å². The number of carbonyl (C=O) groups excluding carboxylic acids is 1. The molecule has 1 N–H and O–H groups in total. The monoisotopic (exact) mass is 360 g/mol. The largest absolute Gasteiger partial charge is 0.351 e. The van der Waals surface area contributed by atoms with Crippen LogP contribution >= 0.6 is 0 Å². The summed E-state index contributed by atoms with van der Waals surface area (Å²) >= 11 is 0. The minimum Gasteiger partial charge on any atom is -0.351 e. The molecule has 0 atom stereocenters. The molecule has 2 heterocycles. The number of amides is 1. The predicted octanol–water partition coefficient (Wildman–Crippen LogP) is 1.30. The summed E-state index contributed by atoms with van der Waals surface area (Å²) < 4.78 is 25.7. The van der Waals surface area contributed by atoms with Gasteiger partial charge >= 0.3 is 0 Å². The zero-order valence-electron chi connectivity index (χ0n) is 13.8. The van der Waals surface area contributed by atoms with Gasteiger partial charge < -0.3 is 5.32 Å². The SMILES string of the molecule is O=C(NCCS(=O)(=O)N1CCCC1)c1cnc(-c2ccccc2)nc1. The van der Waals surface area contributed by atoms with Gasteiger partial charge in [-0.15, -0.1) is 0 Å². The lowest BCUT2D eigenvalue weighted by atomic mass is 10.2. The van der Waals surface area contributed by atoms with Crippen molar-refractivity contribution in [2.75, 3.05) is 25.4 Å². The van der Waals surface area contributed by atoms with E-state index in [1.165, 1.54) is 16.7 Å². The van der Waals surface area contributed by atoms with Crippen LogP contribution in [-0.4, -0.2) is 54.0 Å². The van der Waals surface area contributed by atoms with Crippen LogP contribution in [0.5, 0.6) is 0 Å². The van der Waals surface area contributed by atoms with E-state index in [4.69, 9.17) is 0 Å². The van der Waals surface area contributed by atoms with Crippen molar-refractivity contribution < 1.29 is 13.2 Å². The summed E-state index contributed by atoms with van der Waals surface area (Å²) in [5, 5.41) is 2.61. The first kappa shape index (κ1) is 17.5. The van der Waals surface area contributed by atoms with E-state index in [1.807, 2.05) is 30.3 Å². The van der Waals surface area contributed by atoms with Gasteiger partial charge in [-0.05, 0) is 12.8 Å². The molecule has 0 unspecified atom stereocenters. The Hall–Kier alpha value is -2.32. The first-order chi connectivity index (χ1) is 12.1. The molecule has 1 aromatic heterocycles. The number of sulfonamides is 1. The maximum Gasteiger partial charge on any atom is 0.254 e. The number of hydrogen-bond acceptors (Lipinski definition) is 5. The molecule has 0 aliphatic carbocycles. The van der Waals surface area contributed by atoms with Crippen molar-refractivity contribution >= 4 is 15.9 Å². The highest BCUT2D eigenvalue weighted by Gasteiger charge is 2.24. The summed E-state index contributed by atoms with van der Waals surface area (Å²) in [6, 6.07) is 9.46. The summed E-state index contributed by atoms with van der Waals surface area (Å²) in [6.45, 7) is 1.22. The van der Waals surface area contributed by atoms with Gasteiger partial charge in [-0.1, -0.05) is 30.3 Å². The molecule has 1 aliphatic heterocycles. The molecular formula is C17H20N4O3S. The lowest BCUT2D eigenvalue weighted by Crippen LogP contribution is -2.36. The van der Waals surface area contributed by atoms with Crippen molar-refractivity contribution in [1.29, 1.82) is 0 Å². The minimum absolute atomic E-state index is 0.0676. The van der Waals surface area contributed by atoms with Crippen LogP contribution in [0.3, 0.4) is 0 Å². The smallest absolute Gasteiger partial charge is 0.254 e. The summed E-state index contributed by atoms with van der Waals surface area (Å²) in [5.41, 5.74) is 1.17. The summed E-state index contributed by atoms with van der Waals surface area (Å²) in [4.78, 5) is 20.5. The molecule has 0 spiro atoms. The van der Waals surface area contributed by atoms with E-state index in [-0.39, 0.29) is 18.2 Å². The molecule has 2 aromatic rings. The predicted molar refractivity (Wildman–Crippen MR) is 94.4 cm³/mol. The molecule has 0 saturated carbocycles. The summed E-state index contributed by atoms with van der Waals surface area (Å²) in [6.07, 6.45) is 4.69. The maximum absolute atomic E-state index is 12.1. The third-order valence-electron chi connectivity index (χ3n) is 4.05. The molecule has 0 radical (unpaired) electrons. The fourth-order valence-electron chi connectivity index (χ4n) is 2.67. The molecule has 25 heavy (non-hydrogen) atoms. The van der Waals surface area contributed by atoms with E-state index >= 15 is 0 Å². The van der Waals surface area contributed by atoms with E-state index < -0.39 is 10.0 Å². The molecule has 1 aromatic carbocycles. The van der Waals surface area contributed by atoms with Gasteiger partial charge in [0.15, 0.2) is 5.82 Å². The van der Waals surface area contributed by atoms with Crippen LogP contribution in [0.15, 0.2) is 42.7 Å². The van der Waals surface area contributed by atoms with E-state index in [2.05, 4.69) is 15.3 Å². The Morgan fingerprint density at radius 1 is 1.08 bits per heavy atom. The van der Waals surface area contributed by atoms with Crippen LogP contribution in [0, 0.1) is 0 Å². The van der Waals surface area contributed by atoms with Gasteiger partial charge in [0, 0.05) is 37.6 Å². The summed E-state index contributed by atoms with van der Waals surface area (Å²) in [7, 11) is -3.29. The van der Waals surface area contributed by atoms with E-state index in [1.54, 1.807) is 0 Å². The molecule has 132 valence electrons. The fourth-order valence-corrected chi connectivity index (χ4v) is 4.11. The average Bonchev–Trinajstić information content (AvgIpc) is 3.18. The molecule has 1 saturated heterocycles. The third-order valence-corrected chi connectivity index (χ3v) is 5.92. The molecule has 0 bridgehead atoms. The van der Waals surface area contributed by atoms with E-state index in [0.29, 0.717) is 24.5 Å². The van der Waals surface area contributed by atoms with Crippen molar-refractivity contribution in [2.45, 2.75) is 12.8 Å². The number of aromatic nitrogens is 2. The Labute approximate surface area is 147 Å². The van der Waals surface area contributed by atoms with Gasteiger partial charge in [0.2, 0.25) is 10.0 Å². The van der Waals surface area contributed by atoms with Gasteiger partial charge in [-0.3, -0.25) is 4.79 Å². The molecule has 7 nitrogen and oxygen atoms in total. The van der Waals surface area contributed by atoms with Gasteiger partial charge in [0.05, 0.1) is 11.3 Å². The van der Waals surface area contributed by atoms with Crippen molar-refractivity contribution in [2.24, 2.45) is 0 Å². The number of nitrogens with zero attached hydrogens (tertiary/aromatic N) is 3. The van der Waals surface area contributed by atoms with Crippen LogP contribution in [0.4, 0.5) is 0 Å². The number of carbonyl (C=O) groups is 1. The van der Waals surface area contributed by atoms with Crippen LogP contribution in [0.1, 0.15) is 23.2 Å². The van der Waals surface area contributed by atoms with E-state index in [9.17, 15) is 13.2 Å². The third kappa shape index (κ3) is 4.40. The lowest BCUT2D eigenvalue weighted by molar-refractivity contribution is 0.0955. The fraction of sp³-hybridized carbons (Fsp3) is 0.353. The second kappa shape index (κ2) is 7.71. The average molecular weight is 360 g/mol. The van der Waals surface area contributed by atoms with Crippen LogP contribution < -0.4 is 5.32 Å². The van der Waals surface area contributed by atoms with Gasteiger partial charge in [-0.2, -0.15) is 0 Å². The highest BCUT2D eigenvalue weighted by Crippen LogP contribution is 2.14. The van der Waals surface area contributed by atoms with Crippen molar-refractivity contribution in [3.8, 4) is 11.4 Å². The Morgan fingerprint density at radius 2 is 1.72 bits per heavy atom. The van der Waals surface area contributed by atoms with Gasteiger partial charge in [0.25, 0.3) is 5.91 Å². The molecule has 8 heteroatoms. The zero-order valence-corrected chi connectivity index (χ0v) is 14.6. The molecule has 3 rings (SSSR count). The van der Waals surface area contributed by atoms with Gasteiger partial charge in [-0.25, -0.2) is 22.7 Å². The van der Waals surface area contributed by atoms with Crippen molar-refractivity contribution in [1.82, 2.24) is 19.6 Å². The molecule has 1 fully saturated rings. The standard InChI is InChI=1S/C17H20N4O3S/c22-17(18-8-11-25(23,24)21-9-4-5-10-21)15-12-19-16(20-13-15)14-6-2-1-3-7-14/h1-3,6-7,12-13H,4-5,8-11H2,(H,18,22). The normalized spacial score (nSPS) is 15.2. The Bertz CT molecular complexity index is 817. The highest BCUT2D eigenvalue weighted by molar-refractivity contribution is 7.89. The Kier molecular flexibility index (Phi) is 5.40. The molecular weight excluding hydrogens is 340 g/mol. The number of rotatable bonds is 6. The highest BCUT2D eigenvalue weighted by atomic mass is 32.2.